The van der Waals surface area contributed by atoms with Crippen LogP contribution in [0.1, 0.15) is 44.8 Å². The van der Waals surface area contributed by atoms with Crippen molar-refractivity contribution in [3.63, 3.8) is 0 Å². The van der Waals surface area contributed by atoms with Crippen molar-refractivity contribution in [2.24, 2.45) is 0 Å². The summed E-state index contributed by atoms with van der Waals surface area (Å²) in [5.41, 5.74) is 8.49. The number of halogens is 1. The smallest absolute Gasteiger partial charge is 0.177 e. The van der Waals surface area contributed by atoms with Gasteiger partial charge in [-0.15, -0.1) is 16.9 Å². The Morgan fingerprint density at radius 1 is 0.714 bits per heavy atom. The fourth-order valence-electron chi connectivity index (χ4n) is 5.91. The molecule has 1 aliphatic heterocycles. The van der Waals surface area contributed by atoms with Crippen LogP contribution in [0, 0.1) is 0 Å². The van der Waals surface area contributed by atoms with Crippen molar-refractivity contribution in [2.45, 2.75) is 21.5 Å². The maximum Gasteiger partial charge on any atom is 0.177 e. The Bertz CT molecular complexity index is 1770. The second-order valence-electron chi connectivity index (χ2n) is 10.2. The molecule has 2 heterocycles. The van der Waals surface area contributed by atoms with Gasteiger partial charge in [-0.05, 0) is 67.1 Å². The van der Waals surface area contributed by atoms with Crippen LogP contribution < -0.4 is 0 Å². The third kappa shape index (κ3) is 4.61. The van der Waals surface area contributed by atoms with Gasteiger partial charge in [-0.2, -0.15) is 0 Å². The topological polar surface area (TPSA) is 43.6 Å². The van der Waals surface area contributed by atoms with Gasteiger partial charge >= 0.3 is 0 Å². The van der Waals surface area contributed by atoms with E-state index in [9.17, 15) is 0 Å². The number of aromatic nitrogens is 4. The standard InChI is InChI=1S/C36H27BrN4S/c37-24-26-20-21-32-33(31-19-11-10-12-27(31)25-42-34(32)22-26)23-35-38-39-40-41(35)36(28-13-4-1-5-14-28,29-15-6-2-7-16-29)30-17-8-3-9-18-30/h1-23H,24-25H2/b33-23+. The number of thioether (sulfide) groups is 1. The lowest BCUT2D eigenvalue weighted by molar-refractivity contribution is 0.443. The van der Waals surface area contributed by atoms with Crippen LogP contribution in [0.4, 0.5) is 0 Å². The van der Waals surface area contributed by atoms with Crippen LogP contribution in [0.5, 0.6) is 0 Å². The number of benzene rings is 5. The van der Waals surface area contributed by atoms with Crippen molar-refractivity contribution in [3.8, 4) is 0 Å². The second kappa shape index (κ2) is 11.6. The molecule has 0 aliphatic carbocycles. The van der Waals surface area contributed by atoms with E-state index in [0.29, 0.717) is 5.82 Å². The van der Waals surface area contributed by atoms with Crippen LogP contribution in [0.15, 0.2) is 138 Å². The highest BCUT2D eigenvalue weighted by molar-refractivity contribution is 9.08. The van der Waals surface area contributed by atoms with E-state index in [1.165, 1.54) is 27.1 Å². The van der Waals surface area contributed by atoms with Crippen molar-refractivity contribution in [1.29, 1.82) is 0 Å². The number of hydrogen-bond acceptors (Lipinski definition) is 4. The maximum atomic E-state index is 4.75. The van der Waals surface area contributed by atoms with E-state index in [4.69, 9.17) is 5.21 Å². The quantitative estimate of drug-likeness (QED) is 0.137. The molecular formula is C36H27BrN4S. The molecule has 0 saturated heterocycles. The van der Waals surface area contributed by atoms with Crippen molar-refractivity contribution in [2.75, 3.05) is 0 Å². The minimum absolute atomic E-state index is 0.679. The molecule has 0 unspecified atom stereocenters. The Labute approximate surface area is 258 Å². The van der Waals surface area contributed by atoms with E-state index < -0.39 is 5.54 Å². The third-order valence-corrected chi connectivity index (χ3v) is 9.59. The molecule has 204 valence electrons. The Balaban J connectivity index is 1.54. The van der Waals surface area contributed by atoms with Gasteiger partial charge in [-0.1, -0.05) is 143 Å². The van der Waals surface area contributed by atoms with Gasteiger partial charge in [0.25, 0.3) is 0 Å². The molecule has 0 atom stereocenters. The third-order valence-electron chi connectivity index (χ3n) is 7.84. The molecule has 1 aliphatic rings. The molecule has 0 radical (unpaired) electrons. The average Bonchev–Trinajstić information content (AvgIpc) is 3.47. The minimum atomic E-state index is -0.804. The Hall–Kier alpha value is -4.26. The lowest BCUT2D eigenvalue weighted by atomic mass is 9.77. The maximum absolute atomic E-state index is 4.75. The zero-order chi connectivity index (χ0) is 28.4. The van der Waals surface area contributed by atoms with E-state index in [2.05, 4.69) is 148 Å². The highest BCUT2D eigenvalue weighted by atomic mass is 79.9. The molecule has 6 aromatic rings. The van der Waals surface area contributed by atoms with Crippen molar-refractivity contribution in [1.82, 2.24) is 20.2 Å². The molecule has 0 amide bonds. The van der Waals surface area contributed by atoms with E-state index >= 15 is 0 Å². The van der Waals surface area contributed by atoms with Gasteiger partial charge in [-0.3, -0.25) is 0 Å². The van der Waals surface area contributed by atoms with Crippen molar-refractivity contribution >= 4 is 39.3 Å². The average molecular weight is 628 g/mol. The molecule has 0 fully saturated rings. The lowest BCUT2D eigenvalue weighted by Crippen LogP contribution is -2.39. The first-order valence-corrected chi connectivity index (χ1v) is 16.0. The summed E-state index contributed by atoms with van der Waals surface area (Å²) in [4.78, 5) is 1.26. The van der Waals surface area contributed by atoms with Crippen LogP contribution in [-0.4, -0.2) is 20.2 Å². The minimum Gasteiger partial charge on any atom is -0.206 e. The molecule has 4 nitrogen and oxygen atoms in total. The summed E-state index contributed by atoms with van der Waals surface area (Å²) in [6.45, 7) is 0. The van der Waals surface area contributed by atoms with Crippen LogP contribution in [0.25, 0.3) is 11.6 Å². The van der Waals surface area contributed by atoms with E-state index in [0.717, 1.165) is 33.3 Å². The summed E-state index contributed by atoms with van der Waals surface area (Å²) in [5, 5.41) is 14.5. The van der Waals surface area contributed by atoms with Gasteiger partial charge in [0.1, 0.15) is 5.54 Å². The van der Waals surface area contributed by atoms with Gasteiger partial charge in [0, 0.05) is 16.0 Å². The zero-order valence-corrected chi connectivity index (χ0v) is 25.2. The van der Waals surface area contributed by atoms with Crippen molar-refractivity contribution < 1.29 is 0 Å². The summed E-state index contributed by atoms with van der Waals surface area (Å²) in [6, 6.07) is 47.0. The summed E-state index contributed by atoms with van der Waals surface area (Å²) in [5.74, 6) is 1.58. The Kier molecular flexibility index (Phi) is 7.32. The largest absolute Gasteiger partial charge is 0.206 e. The van der Waals surface area contributed by atoms with Crippen LogP contribution in [0.3, 0.4) is 0 Å². The molecule has 0 N–H and O–H groups in total. The van der Waals surface area contributed by atoms with Gasteiger partial charge in [0.05, 0.1) is 0 Å². The van der Waals surface area contributed by atoms with E-state index in [1.54, 1.807) is 0 Å². The normalized spacial score (nSPS) is 13.8. The molecule has 1 aromatic heterocycles. The van der Waals surface area contributed by atoms with Gasteiger partial charge in [0.2, 0.25) is 0 Å². The van der Waals surface area contributed by atoms with Crippen LogP contribution in [0.2, 0.25) is 0 Å². The number of rotatable bonds is 6. The first-order valence-electron chi connectivity index (χ1n) is 13.9. The molecule has 0 spiro atoms. The van der Waals surface area contributed by atoms with Gasteiger partial charge < -0.3 is 0 Å². The summed E-state index contributed by atoms with van der Waals surface area (Å²) < 4.78 is 1.99. The van der Waals surface area contributed by atoms with Gasteiger partial charge in [0.15, 0.2) is 5.82 Å². The van der Waals surface area contributed by atoms with Gasteiger partial charge in [-0.25, -0.2) is 4.68 Å². The predicted molar refractivity (Wildman–Crippen MR) is 174 cm³/mol. The molecule has 0 bridgehead atoms. The number of nitrogens with zero attached hydrogens (tertiary/aromatic N) is 4. The second-order valence-corrected chi connectivity index (χ2v) is 11.8. The molecule has 6 heteroatoms. The number of fused-ring (bicyclic) bond motifs is 2. The SMILES string of the molecule is BrCc1ccc2c(c1)SCc1ccccc1/C2=C\c1nnnn1C(c1ccccc1)(c1ccccc1)c1ccccc1. The molecule has 0 saturated carbocycles. The van der Waals surface area contributed by atoms with Crippen molar-refractivity contribution in [3.05, 3.63) is 178 Å². The zero-order valence-electron chi connectivity index (χ0n) is 22.8. The number of tetrazole rings is 1. The monoisotopic (exact) mass is 626 g/mol. The van der Waals surface area contributed by atoms with E-state index in [1.807, 2.05) is 34.6 Å². The summed E-state index contributed by atoms with van der Waals surface area (Å²) >= 11 is 5.52. The van der Waals surface area contributed by atoms with Crippen LogP contribution >= 0.6 is 27.7 Å². The Morgan fingerprint density at radius 3 is 1.93 bits per heavy atom. The highest BCUT2D eigenvalue weighted by Crippen LogP contribution is 2.44. The van der Waals surface area contributed by atoms with Crippen LogP contribution in [-0.2, 0) is 16.6 Å². The predicted octanol–water partition coefficient (Wildman–Crippen LogP) is 8.60. The molecular weight excluding hydrogens is 600 g/mol. The first-order chi connectivity index (χ1) is 20.8. The first kappa shape index (κ1) is 26.6. The summed E-state index contributed by atoms with van der Waals surface area (Å²) in [6.07, 6.45) is 2.17. The fourth-order valence-corrected chi connectivity index (χ4v) is 7.39. The Morgan fingerprint density at radius 2 is 1.31 bits per heavy atom. The molecule has 5 aromatic carbocycles. The molecule has 42 heavy (non-hydrogen) atoms. The van der Waals surface area contributed by atoms with E-state index in [-0.39, 0.29) is 0 Å². The lowest BCUT2D eigenvalue weighted by Gasteiger charge is -2.36. The number of alkyl halides is 1. The fraction of sp³-hybridized carbons (Fsp3) is 0.0833. The summed E-state index contributed by atoms with van der Waals surface area (Å²) in [7, 11) is 0. The highest BCUT2D eigenvalue weighted by Gasteiger charge is 2.41. The molecule has 7 rings (SSSR count). The number of hydrogen-bond donors (Lipinski definition) is 0.